The van der Waals surface area contributed by atoms with E-state index in [1.165, 1.54) is 41.9 Å². The zero-order chi connectivity index (χ0) is 18.8. The van der Waals surface area contributed by atoms with Crippen LogP contribution < -0.4 is 0 Å². The maximum atomic E-state index is 13.0. The summed E-state index contributed by atoms with van der Waals surface area (Å²) in [7, 11) is 0. The fraction of sp³-hybridized carbons (Fsp3) is 0.400. The first-order valence-electron chi connectivity index (χ1n) is 9.25. The lowest BCUT2D eigenvalue weighted by Crippen LogP contribution is -2.40. The van der Waals surface area contributed by atoms with Gasteiger partial charge in [-0.15, -0.1) is 22.7 Å². The molecule has 1 unspecified atom stereocenters. The number of carbonyl (C=O) groups excluding carboxylic acids is 2. The van der Waals surface area contributed by atoms with E-state index in [4.69, 9.17) is 0 Å². The van der Waals surface area contributed by atoms with E-state index in [-0.39, 0.29) is 11.4 Å². The van der Waals surface area contributed by atoms with E-state index in [2.05, 4.69) is 4.90 Å². The van der Waals surface area contributed by atoms with Crippen molar-refractivity contribution in [3.8, 4) is 0 Å². The second-order valence-corrected chi connectivity index (χ2v) is 8.81. The lowest BCUT2D eigenvalue weighted by atomic mass is 10.0. The molecule has 27 heavy (non-hydrogen) atoms. The Labute approximate surface area is 166 Å². The van der Waals surface area contributed by atoms with Crippen LogP contribution in [0.25, 0.3) is 0 Å². The summed E-state index contributed by atoms with van der Waals surface area (Å²) < 4.78 is 0. The third-order valence-corrected chi connectivity index (χ3v) is 7.01. The fourth-order valence-corrected chi connectivity index (χ4v) is 5.35. The van der Waals surface area contributed by atoms with E-state index in [0.29, 0.717) is 11.4 Å². The minimum atomic E-state index is -0.503. The number of piperidine rings is 1. The number of hydrogen-bond acceptors (Lipinski definition) is 6. The predicted molar refractivity (Wildman–Crippen MR) is 107 cm³/mol. The Balaban J connectivity index is 1.62. The lowest BCUT2D eigenvalue weighted by molar-refractivity contribution is -0.129. The number of amides is 1. The van der Waals surface area contributed by atoms with Crippen molar-refractivity contribution in [3.05, 3.63) is 56.1 Å². The molecule has 2 aromatic heterocycles. The molecule has 0 aliphatic carbocycles. The van der Waals surface area contributed by atoms with Gasteiger partial charge in [-0.3, -0.25) is 9.59 Å². The van der Waals surface area contributed by atoms with Gasteiger partial charge >= 0.3 is 0 Å². The highest BCUT2D eigenvalue weighted by atomic mass is 32.1. The van der Waals surface area contributed by atoms with Crippen LogP contribution in [-0.4, -0.2) is 52.8 Å². The predicted octanol–water partition coefficient (Wildman–Crippen LogP) is 3.87. The highest BCUT2D eigenvalue weighted by Gasteiger charge is 2.44. The van der Waals surface area contributed by atoms with Crippen LogP contribution in [-0.2, 0) is 4.79 Å². The number of likely N-dealkylation sites (tertiary alicyclic amines) is 1. The van der Waals surface area contributed by atoms with E-state index in [9.17, 15) is 14.7 Å². The van der Waals surface area contributed by atoms with Gasteiger partial charge in [0.05, 0.1) is 16.5 Å². The quantitative estimate of drug-likeness (QED) is 0.745. The van der Waals surface area contributed by atoms with E-state index in [0.717, 1.165) is 24.5 Å². The van der Waals surface area contributed by atoms with E-state index >= 15 is 0 Å². The van der Waals surface area contributed by atoms with Gasteiger partial charge < -0.3 is 14.9 Å². The van der Waals surface area contributed by atoms with Gasteiger partial charge in [-0.2, -0.15) is 0 Å². The van der Waals surface area contributed by atoms with Gasteiger partial charge in [-0.1, -0.05) is 18.6 Å². The van der Waals surface area contributed by atoms with Gasteiger partial charge in [0.1, 0.15) is 0 Å². The van der Waals surface area contributed by atoms with Gasteiger partial charge in [0.15, 0.2) is 5.76 Å². The topological polar surface area (TPSA) is 60.9 Å². The van der Waals surface area contributed by atoms with Crippen LogP contribution in [0.4, 0.5) is 0 Å². The molecule has 0 radical (unpaired) electrons. The summed E-state index contributed by atoms with van der Waals surface area (Å²) in [4.78, 5) is 31.3. The molecule has 4 rings (SSSR count). The number of carbonyl (C=O) groups is 2. The first kappa shape index (κ1) is 18.4. The number of thiophene rings is 2. The summed E-state index contributed by atoms with van der Waals surface area (Å²) >= 11 is 2.83. The van der Waals surface area contributed by atoms with Crippen molar-refractivity contribution < 1.29 is 14.7 Å². The molecule has 2 aromatic rings. The largest absolute Gasteiger partial charge is 0.503 e. The number of ketones is 1. The highest BCUT2D eigenvalue weighted by Crippen LogP contribution is 2.41. The van der Waals surface area contributed by atoms with E-state index in [1.54, 1.807) is 17.0 Å². The van der Waals surface area contributed by atoms with Crippen LogP contribution in [0.2, 0.25) is 0 Å². The molecule has 1 fully saturated rings. The molecule has 0 spiro atoms. The Hall–Kier alpha value is -1.96. The zero-order valence-corrected chi connectivity index (χ0v) is 16.6. The molecule has 2 aliphatic rings. The Morgan fingerprint density at radius 2 is 1.81 bits per heavy atom. The third kappa shape index (κ3) is 3.59. The van der Waals surface area contributed by atoms with Gasteiger partial charge in [-0.25, -0.2) is 0 Å². The summed E-state index contributed by atoms with van der Waals surface area (Å²) in [5.41, 5.74) is 0.212. The minimum absolute atomic E-state index is 0.212. The number of aliphatic hydroxyl groups excluding tert-OH is 1. The molecule has 5 nitrogen and oxygen atoms in total. The van der Waals surface area contributed by atoms with Gasteiger partial charge in [-0.05, 0) is 48.8 Å². The smallest absolute Gasteiger partial charge is 0.290 e. The first-order chi connectivity index (χ1) is 13.2. The Morgan fingerprint density at radius 1 is 1.07 bits per heavy atom. The van der Waals surface area contributed by atoms with E-state index < -0.39 is 17.7 Å². The molecule has 1 amide bonds. The van der Waals surface area contributed by atoms with Crippen molar-refractivity contribution >= 4 is 34.4 Å². The van der Waals surface area contributed by atoms with Crippen LogP contribution in [0.5, 0.6) is 0 Å². The van der Waals surface area contributed by atoms with Gasteiger partial charge in [0.25, 0.3) is 5.91 Å². The second-order valence-electron chi connectivity index (χ2n) is 6.89. The maximum Gasteiger partial charge on any atom is 0.290 e. The molecule has 0 saturated carbocycles. The normalized spacial score (nSPS) is 21.3. The van der Waals surface area contributed by atoms with Crippen LogP contribution >= 0.6 is 22.7 Å². The number of hydrogen-bond donors (Lipinski definition) is 1. The average molecular weight is 403 g/mol. The van der Waals surface area contributed by atoms with Crippen molar-refractivity contribution in [2.75, 3.05) is 26.2 Å². The van der Waals surface area contributed by atoms with Crippen LogP contribution in [0.3, 0.4) is 0 Å². The van der Waals surface area contributed by atoms with Crippen LogP contribution in [0.1, 0.15) is 39.9 Å². The fourth-order valence-electron chi connectivity index (χ4n) is 3.83. The summed E-state index contributed by atoms with van der Waals surface area (Å²) in [6.45, 7) is 3.37. The number of rotatable bonds is 6. The summed E-state index contributed by atoms with van der Waals surface area (Å²) in [5, 5.41) is 14.3. The molecular weight excluding hydrogens is 380 g/mol. The number of aliphatic hydroxyl groups is 1. The van der Waals surface area contributed by atoms with Gasteiger partial charge in [0.2, 0.25) is 5.78 Å². The molecule has 1 saturated heterocycles. The zero-order valence-electron chi connectivity index (χ0n) is 15.0. The monoisotopic (exact) mass is 402 g/mol. The molecule has 0 bridgehead atoms. The Bertz CT molecular complexity index is 837. The standard InChI is InChI=1S/C20H22N2O3S2/c23-18(15-7-5-13-27-15)16-17(14-6-4-12-26-14)22(20(25)19(16)24)11-10-21-8-2-1-3-9-21/h4-7,12-13,17,24H,1-3,8-11H2. The van der Waals surface area contributed by atoms with Crippen molar-refractivity contribution in [3.63, 3.8) is 0 Å². The molecule has 2 aliphatic heterocycles. The van der Waals surface area contributed by atoms with Gasteiger partial charge in [0, 0.05) is 18.0 Å². The first-order valence-corrected chi connectivity index (χ1v) is 11.0. The van der Waals surface area contributed by atoms with Crippen LogP contribution in [0, 0.1) is 0 Å². The molecule has 7 heteroatoms. The van der Waals surface area contributed by atoms with Crippen molar-refractivity contribution in [2.24, 2.45) is 0 Å². The Morgan fingerprint density at radius 3 is 2.48 bits per heavy atom. The minimum Gasteiger partial charge on any atom is -0.503 e. The van der Waals surface area contributed by atoms with Crippen molar-refractivity contribution in [2.45, 2.75) is 25.3 Å². The number of nitrogens with zero attached hydrogens (tertiary/aromatic N) is 2. The highest BCUT2D eigenvalue weighted by molar-refractivity contribution is 7.12. The SMILES string of the molecule is O=C(C1=C(O)C(=O)N(CCN2CCCCC2)C1c1cccs1)c1cccs1. The number of Topliss-reactive ketones (excluding diaryl/α,β-unsaturated/α-hetero) is 1. The van der Waals surface area contributed by atoms with Crippen molar-refractivity contribution in [1.29, 1.82) is 0 Å². The van der Waals surface area contributed by atoms with Crippen molar-refractivity contribution in [1.82, 2.24) is 9.80 Å². The average Bonchev–Trinajstić information content (AvgIpc) is 3.43. The Kier molecular flexibility index (Phi) is 5.43. The summed E-state index contributed by atoms with van der Waals surface area (Å²) in [6, 6.07) is 6.88. The van der Waals surface area contributed by atoms with E-state index in [1.807, 2.05) is 22.9 Å². The maximum absolute atomic E-state index is 13.0. The molecule has 1 atom stereocenters. The molecule has 142 valence electrons. The molecule has 1 N–H and O–H groups in total. The summed E-state index contributed by atoms with van der Waals surface area (Å²) in [6.07, 6.45) is 3.64. The molecular formula is C20H22N2O3S2. The molecule has 0 aromatic carbocycles. The third-order valence-electron chi connectivity index (χ3n) is 5.21. The summed E-state index contributed by atoms with van der Waals surface area (Å²) in [5.74, 6) is -1.09. The molecule has 4 heterocycles. The van der Waals surface area contributed by atoms with Crippen LogP contribution in [0.15, 0.2) is 46.4 Å². The lowest BCUT2D eigenvalue weighted by Gasteiger charge is -2.31. The second kappa shape index (κ2) is 7.96.